The van der Waals surface area contributed by atoms with Crippen molar-refractivity contribution in [3.63, 3.8) is 0 Å². The molecule has 1 atom stereocenters. The van der Waals surface area contributed by atoms with E-state index in [9.17, 15) is 9.18 Å². The Labute approximate surface area is 221 Å². The van der Waals surface area contributed by atoms with Crippen LogP contribution in [0.1, 0.15) is 6.92 Å². The van der Waals surface area contributed by atoms with Gasteiger partial charge < -0.3 is 15.5 Å². The molecule has 1 aliphatic rings. The van der Waals surface area contributed by atoms with Crippen molar-refractivity contribution in [2.24, 2.45) is 0 Å². The highest BCUT2D eigenvalue weighted by Gasteiger charge is 2.17. The van der Waals surface area contributed by atoms with Crippen LogP contribution in [0, 0.1) is 5.82 Å². The number of fused-ring (bicyclic) bond motifs is 1. The molecule has 192 valence electrons. The van der Waals surface area contributed by atoms with E-state index in [-0.39, 0.29) is 27.8 Å². The Hall–Kier alpha value is -3.34. The zero-order valence-corrected chi connectivity index (χ0v) is 22.2. The normalized spacial score (nSPS) is 14.6. The summed E-state index contributed by atoms with van der Waals surface area (Å²) >= 11 is 6.44. The van der Waals surface area contributed by atoms with Crippen LogP contribution >= 0.6 is 22.1 Å². The van der Waals surface area contributed by atoms with E-state index >= 15 is 0 Å². The molecule has 0 radical (unpaired) electrons. The maximum absolute atomic E-state index is 14.9. The average molecular weight is 540 g/mol. The van der Waals surface area contributed by atoms with E-state index < -0.39 is 0 Å². The lowest BCUT2D eigenvalue weighted by Gasteiger charge is -2.29. The molecule has 4 aromatic rings. The molecule has 2 N–H and O–H groups in total. The predicted octanol–water partition coefficient (Wildman–Crippen LogP) is 4.51. The first-order valence-corrected chi connectivity index (χ1v) is 14.1. The van der Waals surface area contributed by atoms with Gasteiger partial charge in [-0.05, 0) is 43.5 Å². The summed E-state index contributed by atoms with van der Waals surface area (Å²) in [5, 5.41) is 8.18. The maximum Gasteiger partial charge on any atom is 0.260 e. The van der Waals surface area contributed by atoms with Crippen molar-refractivity contribution in [1.82, 2.24) is 24.8 Å². The zero-order valence-electron chi connectivity index (χ0n) is 20.6. The molecular formula is C26H27ClFN7OS. The van der Waals surface area contributed by atoms with E-state index in [1.165, 1.54) is 6.07 Å². The van der Waals surface area contributed by atoms with E-state index in [0.717, 1.165) is 31.2 Å². The molecule has 1 saturated heterocycles. The molecule has 8 nitrogen and oxygen atoms in total. The monoisotopic (exact) mass is 539 g/mol. The molecule has 11 heteroatoms. The second-order valence-corrected chi connectivity index (χ2v) is 10.8. The Morgan fingerprint density at radius 2 is 1.95 bits per heavy atom. The third-order valence-electron chi connectivity index (χ3n) is 6.28. The van der Waals surface area contributed by atoms with Gasteiger partial charge in [0.25, 0.3) is 5.56 Å². The molecule has 1 unspecified atom stereocenters. The van der Waals surface area contributed by atoms with E-state index in [1.807, 2.05) is 24.1 Å². The largest absolute Gasteiger partial charge is 0.367 e. The molecule has 1 fully saturated rings. The second-order valence-electron chi connectivity index (χ2n) is 8.75. The van der Waals surface area contributed by atoms with Crippen LogP contribution in [0.2, 0.25) is 5.02 Å². The number of halogens is 2. The van der Waals surface area contributed by atoms with E-state index in [1.54, 1.807) is 35.2 Å². The van der Waals surface area contributed by atoms with Crippen molar-refractivity contribution in [1.29, 1.82) is 0 Å². The fourth-order valence-electron chi connectivity index (χ4n) is 4.40. The van der Waals surface area contributed by atoms with Gasteiger partial charge in [0.1, 0.15) is 11.5 Å². The SMILES string of the molecule is C=S(C)c1cc(-c2cc3cnc(Nc4ccc(N5CCNCC5)c(F)c4)nc3n(CC)c2=O)c(Cl)cn1. The van der Waals surface area contributed by atoms with Gasteiger partial charge in [-0.2, -0.15) is 4.98 Å². The van der Waals surface area contributed by atoms with Crippen LogP contribution in [0.25, 0.3) is 22.2 Å². The minimum atomic E-state index is -0.334. The number of aryl methyl sites for hydroxylation is 1. The number of hydrogen-bond donors (Lipinski definition) is 2. The van der Waals surface area contributed by atoms with Gasteiger partial charge in [-0.25, -0.2) is 14.4 Å². The van der Waals surface area contributed by atoms with E-state index in [2.05, 4.69) is 31.5 Å². The van der Waals surface area contributed by atoms with Crippen LogP contribution in [0.5, 0.6) is 0 Å². The van der Waals surface area contributed by atoms with Crippen LogP contribution < -0.4 is 21.1 Å². The van der Waals surface area contributed by atoms with Gasteiger partial charge in [-0.3, -0.25) is 9.36 Å². The van der Waals surface area contributed by atoms with Crippen molar-refractivity contribution in [3.8, 4) is 11.1 Å². The number of pyridine rings is 2. The number of nitrogens with zero attached hydrogens (tertiary/aromatic N) is 5. The molecule has 5 rings (SSSR count). The number of aromatic nitrogens is 4. The summed E-state index contributed by atoms with van der Waals surface area (Å²) in [4.78, 5) is 28.8. The van der Waals surface area contributed by atoms with Gasteiger partial charge in [-0.1, -0.05) is 17.5 Å². The molecule has 0 bridgehead atoms. The highest BCUT2D eigenvalue weighted by Crippen LogP contribution is 2.31. The van der Waals surface area contributed by atoms with Gasteiger partial charge in [0.05, 0.1) is 15.7 Å². The first-order chi connectivity index (χ1) is 17.9. The average Bonchev–Trinajstić information content (AvgIpc) is 2.89. The number of piperazine rings is 1. The lowest BCUT2D eigenvalue weighted by Crippen LogP contribution is -2.43. The van der Waals surface area contributed by atoms with Gasteiger partial charge >= 0.3 is 0 Å². The number of hydrogen-bond acceptors (Lipinski definition) is 7. The Kier molecular flexibility index (Phi) is 7.23. The highest BCUT2D eigenvalue weighted by atomic mass is 35.5. The number of benzene rings is 1. The molecule has 1 aromatic carbocycles. The first-order valence-electron chi connectivity index (χ1n) is 11.9. The molecule has 0 spiro atoms. The van der Waals surface area contributed by atoms with Gasteiger partial charge in [0.15, 0.2) is 0 Å². The Morgan fingerprint density at radius 1 is 1.16 bits per heavy atom. The summed E-state index contributed by atoms with van der Waals surface area (Å²) in [6.07, 6.45) is 5.15. The zero-order chi connectivity index (χ0) is 26.1. The van der Waals surface area contributed by atoms with Crippen LogP contribution in [-0.4, -0.2) is 57.8 Å². The standard InChI is InChI=1S/C26H27ClFN7OS/c1-4-35-24-16(11-19(25(35)36)18-13-23(37(2)3)30-15-20(18)27)14-31-26(33-24)32-17-5-6-22(21(28)12-17)34-9-7-29-8-10-34/h5-6,11-15,29H,2,4,7-10H2,1,3H3,(H,31,32,33). The Bertz CT molecular complexity index is 1570. The lowest BCUT2D eigenvalue weighted by molar-refractivity contribution is 0.566. The minimum absolute atomic E-state index is 0.217. The smallest absolute Gasteiger partial charge is 0.260 e. The summed E-state index contributed by atoms with van der Waals surface area (Å²) in [6, 6.07) is 8.57. The number of nitrogens with one attached hydrogen (secondary N) is 2. The Morgan fingerprint density at radius 3 is 2.65 bits per heavy atom. The van der Waals surface area contributed by atoms with Gasteiger partial charge in [0.2, 0.25) is 5.95 Å². The topological polar surface area (TPSA) is 88.0 Å². The first kappa shape index (κ1) is 25.3. The summed E-state index contributed by atoms with van der Waals surface area (Å²) in [7, 11) is -0.334. The van der Waals surface area contributed by atoms with Crippen molar-refractivity contribution >= 4 is 56.3 Å². The molecule has 3 aromatic heterocycles. The molecule has 1 aliphatic heterocycles. The number of anilines is 3. The maximum atomic E-state index is 14.9. The predicted molar refractivity (Wildman–Crippen MR) is 151 cm³/mol. The van der Waals surface area contributed by atoms with Crippen LogP contribution in [0.4, 0.5) is 21.7 Å². The number of rotatable bonds is 6. The molecule has 0 aliphatic carbocycles. The summed E-state index contributed by atoms with van der Waals surface area (Å²) in [5.74, 6) is 4.00. The highest BCUT2D eigenvalue weighted by molar-refractivity contribution is 8.13. The molecule has 4 heterocycles. The van der Waals surface area contributed by atoms with E-state index in [4.69, 9.17) is 11.6 Å². The van der Waals surface area contributed by atoms with Crippen molar-refractivity contribution in [2.75, 3.05) is 42.7 Å². The molecular weight excluding hydrogens is 513 g/mol. The molecule has 0 amide bonds. The fraction of sp³-hybridized carbons (Fsp3) is 0.269. The van der Waals surface area contributed by atoms with Crippen molar-refractivity contribution in [3.05, 3.63) is 63.9 Å². The Balaban J connectivity index is 1.50. The lowest BCUT2D eigenvalue weighted by atomic mass is 10.1. The third-order valence-corrected chi connectivity index (χ3v) is 7.52. The quantitative estimate of drug-likeness (QED) is 0.349. The molecule has 37 heavy (non-hydrogen) atoms. The van der Waals surface area contributed by atoms with Crippen LogP contribution in [0.3, 0.4) is 0 Å². The fourth-order valence-corrected chi connectivity index (χ4v) is 5.15. The third kappa shape index (κ3) is 5.09. The van der Waals surface area contributed by atoms with E-state index in [0.29, 0.717) is 45.1 Å². The minimum Gasteiger partial charge on any atom is -0.367 e. The van der Waals surface area contributed by atoms with Crippen molar-refractivity contribution in [2.45, 2.75) is 18.5 Å². The summed E-state index contributed by atoms with van der Waals surface area (Å²) in [5.41, 5.74) is 2.41. The summed E-state index contributed by atoms with van der Waals surface area (Å²) < 4.78 is 16.5. The second kappa shape index (κ2) is 10.6. The van der Waals surface area contributed by atoms with Gasteiger partial charge in [-0.15, -0.1) is 10.5 Å². The molecule has 0 saturated carbocycles. The van der Waals surface area contributed by atoms with Crippen LogP contribution in [-0.2, 0) is 6.54 Å². The van der Waals surface area contributed by atoms with Crippen LogP contribution in [0.15, 0.2) is 52.5 Å². The van der Waals surface area contributed by atoms with Crippen molar-refractivity contribution < 1.29 is 4.39 Å². The van der Waals surface area contributed by atoms with Gasteiger partial charge in [0, 0.05) is 67.3 Å². The summed E-state index contributed by atoms with van der Waals surface area (Å²) in [6.45, 7) is 5.45.